The van der Waals surface area contributed by atoms with Crippen molar-refractivity contribution in [3.63, 3.8) is 0 Å². The van der Waals surface area contributed by atoms with Crippen LogP contribution in [0, 0.1) is 5.82 Å². The van der Waals surface area contributed by atoms with Crippen molar-refractivity contribution >= 4 is 27.9 Å². The number of hydrogen-bond donors (Lipinski definition) is 2. The number of benzene rings is 2. The van der Waals surface area contributed by atoms with Gasteiger partial charge in [-0.1, -0.05) is 18.2 Å². The Balaban J connectivity index is 1.25. The van der Waals surface area contributed by atoms with E-state index in [0.717, 1.165) is 42.4 Å². The first-order valence-corrected chi connectivity index (χ1v) is 11.3. The number of aromatic nitrogens is 2. The smallest absolute Gasteiger partial charge is 0.289 e. The fourth-order valence-corrected chi connectivity index (χ4v) is 4.79. The molecule has 1 fully saturated rings. The Bertz CT molecular complexity index is 1210. The van der Waals surface area contributed by atoms with Crippen LogP contribution in [0.4, 0.5) is 4.39 Å². The molecule has 0 bridgehead atoms. The molecule has 0 radical (unpaired) electrons. The number of amides is 1. The second-order valence-corrected chi connectivity index (χ2v) is 8.49. The highest BCUT2D eigenvalue weighted by Crippen LogP contribution is 2.26. The number of furan rings is 1. The van der Waals surface area contributed by atoms with Crippen molar-refractivity contribution in [3.8, 4) is 0 Å². The summed E-state index contributed by atoms with van der Waals surface area (Å²) in [6.45, 7) is 3.26. The van der Waals surface area contributed by atoms with Crippen molar-refractivity contribution in [2.45, 2.75) is 51.2 Å². The van der Waals surface area contributed by atoms with Gasteiger partial charge in [0, 0.05) is 24.0 Å². The molecule has 5 rings (SSSR count). The summed E-state index contributed by atoms with van der Waals surface area (Å²) >= 11 is 0. The number of imidazole rings is 1. The van der Waals surface area contributed by atoms with Gasteiger partial charge in [0.05, 0.1) is 17.6 Å². The highest BCUT2D eigenvalue weighted by molar-refractivity contribution is 5.94. The average Bonchev–Trinajstić information content (AvgIpc) is 3.42. The number of para-hydroxylation sites is 1. The molecule has 1 aliphatic carbocycles. The lowest BCUT2D eigenvalue weighted by molar-refractivity contribution is 0.0616. The molecule has 2 aromatic carbocycles. The van der Waals surface area contributed by atoms with Crippen molar-refractivity contribution in [2.75, 3.05) is 6.54 Å². The highest BCUT2D eigenvalue weighted by atomic mass is 19.1. The van der Waals surface area contributed by atoms with E-state index in [1.54, 1.807) is 6.07 Å². The predicted octanol–water partition coefficient (Wildman–Crippen LogP) is 5.01. The number of rotatable bonds is 6. The van der Waals surface area contributed by atoms with Crippen LogP contribution in [0.25, 0.3) is 22.0 Å². The van der Waals surface area contributed by atoms with E-state index in [9.17, 15) is 9.18 Å². The highest BCUT2D eigenvalue weighted by Gasteiger charge is 2.30. The summed E-state index contributed by atoms with van der Waals surface area (Å²) in [7, 11) is 0. The van der Waals surface area contributed by atoms with Crippen molar-refractivity contribution < 1.29 is 13.6 Å². The Morgan fingerprint density at radius 3 is 2.97 bits per heavy atom. The van der Waals surface area contributed by atoms with Gasteiger partial charge in [0.2, 0.25) is 0 Å². The maximum absolute atomic E-state index is 13.5. The second kappa shape index (κ2) is 8.74. The molecule has 1 aliphatic rings. The summed E-state index contributed by atoms with van der Waals surface area (Å²) in [5.74, 6) is 0.709. The third-order valence-corrected chi connectivity index (χ3v) is 6.38. The van der Waals surface area contributed by atoms with E-state index in [2.05, 4.69) is 27.4 Å². The molecule has 1 amide bonds. The van der Waals surface area contributed by atoms with Crippen LogP contribution in [0.15, 0.2) is 52.9 Å². The topological polar surface area (TPSA) is 74.2 Å². The van der Waals surface area contributed by atoms with E-state index in [0.29, 0.717) is 30.2 Å². The molecule has 4 aromatic rings. The Labute approximate surface area is 185 Å². The standard InChI is InChI=1S/C25H27FN4O2/c1-2-30(25(31)24-28-21-11-10-17(26)13-22(21)29-24)19-8-5-7-18(14-19)27-15-20-12-16-6-3-4-9-23(16)32-20/h3-4,6,9-13,18-19,27H,2,5,7-8,14-15H2,1H3,(H,28,29). The molecule has 32 heavy (non-hydrogen) atoms. The minimum absolute atomic E-state index is 0.132. The summed E-state index contributed by atoms with van der Waals surface area (Å²) < 4.78 is 19.4. The molecular weight excluding hydrogens is 407 g/mol. The summed E-state index contributed by atoms with van der Waals surface area (Å²) in [6.07, 6.45) is 3.98. The maximum atomic E-state index is 13.5. The van der Waals surface area contributed by atoms with E-state index in [4.69, 9.17) is 4.42 Å². The van der Waals surface area contributed by atoms with Gasteiger partial charge in [0.15, 0.2) is 5.82 Å². The van der Waals surface area contributed by atoms with E-state index >= 15 is 0 Å². The quantitative estimate of drug-likeness (QED) is 0.447. The largest absolute Gasteiger partial charge is 0.460 e. The van der Waals surface area contributed by atoms with Gasteiger partial charge < -0.3 is 19.6 Å². The Morgan fingerprint density at radius 1 is 1.25 bits per heavy atom. The number of halogens is 1. The van der Waals surface area contributed by atoms with Crippen molar-refractivity contribution in [1.29, 1.82) is 0 Å². The molecule has 7 heteroatoms. The van der Waals surface area contributed by atoms with Crippen LogP contribution in [-0.4, -0.2) is 39.4 Å². The Hall–Kier alpha value is -3.19. The SMILES string of the molecule is CCN(C(=O)c1nc2ccc(F)cc2[nH]1)C1CCCC(NCc2cc3ccccc3o2)C1. The first kappa shape index (κ1) is 20.7. The number of nitrogens with one attached hydrogen (secondary N) is 2. The first-order valence-electron chi connectivity index (χ1n) is 11.3. The number of hydrogen-bond acceptors (Lipinski definition) is 4. The van der Waals surface area contributed by atoms with Crippen molar-refractivity contribution in [2.24, 2.45) is 0 Å². The zero-order chi connectivity index (χ0) is 22.1. The van der Waals surface area contributed by atoms with E-state index in [-0.39, 0.29) is 23.6 Å². The summed E-state index contributed by atoms with van der Waals surface area (Å²) in [5, 5.41) is 4.73. The molecular formula is C25H27FN4O2. The molecule has 0 spiro atoms. The molecule has 1 saturated carbocycles. The second-order valence-electron chi connectivity index (χ2n) is 8.49. The molecule has 2 heterocycles. The van der Waals surface area contributed by atoms with Gasteiger partial charge >= 0.3 is 0 Å². The average molecular weight is 435 g/mol. The number of carbonyl (C=O) groups excluding carboxylic acids is 1. The van der Waals surface area contributed by atoms with Crippen LogP contribution in [0.3, 0.4) is 0 Å². The lowest BCUT2D eigenvalue weighted by atomic mass is 9.89. The van der Waals surface area contributed by atoms with Gasteiger partial charge in [0.25, 0.3) is 5.91 Å². The van der Waals surface area contributed by atoms with Crippen LogP contribution in [0.2, 0.25) is 0 Å². The Morgan fingerprint density at radius 2 is 2.12 bits per heavy atom. The van der Waals surface area contributed by atoms with Crippen LogP contribution in [-0.2, 0) is 6.54 Å². The molecule has 2 atom stereocenters. The normalized spacial score (nSPS) is 18.9. The van der Waals surface area contributed by atoms with Gasteiger partial charge in [-0.15, -0.1) is 0 Å². The number of nitrogens with zero attached hydrogens (tertiary/aromatic N) is 2. The molecule has 2 N–H and O–H groups in total. The van der Waals surface area contributed by atoms with Gasteiger partial charge in [-0.05, 0) is 62.9 Å². The van der Waals surface area contributed by atoms with Gasteiger partial charge in [0.1, 0.15) is 17.2 Å². The third-order valence-electron chi connectivity index (χ3n) is 6.38. The minimum atomic E-state index is -0.349. The van der Waals surface area contributed by atoms with Crippen LogP contribution >= 0.6 is 0 Å². The van der Waals surface area contributed by atoms with Crippen molar-refractivity contribution in [1.82, 2.24) is 20.2 Å². The zero-order valence-corrected chi connectivity index (χ0v) is 18.1. The van der Waals surface area contributed by atoms with Gasteiger partial charge in [-0.25, -0.2) is 9.37 Å². The summed E-state index contributed by atoms with van der Waals surface area (Å²) in [4.78, 5) is 22.5. The van der Waals surface area contributed by atoms with E-state index in [1.807, 2.05) is 30.0 Å². The van der Waals surface area contributed by atoms with Gasteiger partial charge in [-0.2, -0.15) is 0 Å². The fourth-order valence-electron chi connectivity index (χ4n) is 4.79. The fraction of sp³-hybridized carbons (Fsp3) is 0.360. The predicted molar refractivity (Wildman–Crippen MR) is 122 cm³/mol. The number of fused-ring (bicyclic) bond motifs is 2. The van der Waals surface area contributed by atoms with Crippen LogP contribution in [0.1, 0.15) is 49.0 Å². The molecule has 2 aromatic heterocycles. The minimum Gasteiger partial charge on any atom is -0.460 e. The summed E-state index contributed by atoms with van der Waals surface area (Å²) in [6, 6.07) is 14.9. The molecule has 0 aliphatic heterocycles. The number of carbonyl (C=O) groups is 1. The van der Waals surface area contributed by atoms with Gasteiger partial charge in [-0.3, -0.25) is 4.79 Å². The van der Waals surface area contributed by atoms with E-state index < -0.39 is 0 Å². The summed E-state index contributed by atoms with van der Waals surface area (Å²) in [5.41, 5.74) is 2.04. The lowest BCUT2D eigenvalue weighted by Gasteiger charge is -2.37. The first-order chi connectivity index (χ1) is 15.6. The molecule has 166 valence electrons. The monoisotopic (exact) mass is 434 g/mol. The molecule has 2 unspecified atom stereocenters. The maximum Gasteiger partial charge on any atom is 0.289 e. The molecule has 6 nitrogen and oxygen atoms in total. The Kier molecular flexibility index (Phi) is 5.66. The van der Waals surface area contributed by atoms with Crippen molar-refractivity contribution in [3.05, 3.63) is 65.9 Å². The van der Waals surface area contributed by atoms with Crippen LogP contribution in [0.5, 0.6) is 0 Å². The number of H-pyrrole nitrogens is 1. The lowest BCUT2D eigenvalue weighted by Crippen LogP contribution is -2.47. The number of aromatic amines is 1. The molecule has 0 saturated heterocycles. The van der Waals surface area contributed by atoms with E-state index in [1.165, 1.54) is 12.1 Å². The third kappa shape index (κ3) is 4.12. The van der Waals surface area contributed by atoms with Crippen LogP contribution < -0.4 is 5.32 Å². The zero-order valence-electron chi connectivity index (χ0n) is 18.1.